The van der Waals surface area contributed by atoms with Gasteiger partial charge in [-0.1, -0.05) is 28.9 Å². The van der Waals surface area contributed by atoms with Crippen molar-refractivity contribution in [2.45, 2.75) is 19.8 Å². The molecule has 0 bridgehead atoms. The van der Waals surface area contributed by atoms with Gasteiger partial charge in [-0.05, 0) is 36.1 Å². The van der Waals surface area contributed by atoms with E-state index in [2.05, 4.69) is 22.9 Å². The molecule has 0 spiro atoms. The molecule has 0 heterocycles. The standard InChI is InChI=1S/C12H15BrO2/c1-3-9-4-5-11(12(14)15-2)8-10(9)6-7-13/h4-5,8H,3,6-7H2,1-2H3. The van der Waals surface area contributed by atoms with Gasteiger partial charge >= 0.3 is 5.97 Å². The predicted molar refractivity (Wildman–Crippen MR) is 64.7 cm³/mol. The third kappa shape index (κ3) is 3.06. The van der Waals surface area contributed by atoms with Gasteiger partial charge in [-0.25, -0.2) is 4.79 Å². The maximum Gasteiger partial charge on any atom is 0.337 e. The van der Waals surface area contributed by atoms with Gasteiger partial charge in [0.05, 0.1) is 12.7 Å². The fraction of sp³-hybridized carbons (Fsp3) is 0.417. The monoisotopic (exact) mass is 270 g/mol. The van der Waals surface area contributed by atoms with Gasteiger partial charge in [0, 0.05) is 5.33 Å². The molecule has 0 aliphatic heterocycles. The van der Waals surface area contributed by atoms with Gasteiger partial charge in [0.1, 0.15) is 0 Å². The molecule has 1 rings (SSSR count). The van der Waals surface area contributed by atoms with Crippen LogP contribution in [0.3, 0.4) is 0 Å². The molecule has 1 aromatic carbocycles. The van der Waals surface area contributed by atoms with Crippen LogP contribution in [-0.4, -0.2) is 18.4 Å². The van der Waals surface area contributed by atoms with E-state index < -0.39 is 0 Å². The van der Waals surface area contributed by atoms with Crippen LogP contribution in [0, 0.1) is 0 Å². The minimum atomic E-state index is -0.270. The summed E-state index contributed by atoms with van der Waals surface area (Å²) < 4.78 is 4.69. The molecule has 0 aromatic heterocycles. The van der Waals surface area contributed by atoms with E-state index in [9.17, 15) is 4.79 Å². The van der Waals surface area contributed by atoms with Crippen LogP contribution in [0.15, 0.2) is 18.2 Å². The van der Waals surface area contributed by atoms with Crippen LogP contribution in [0.25, 0.3) is 0 Å². The van der Waals surface area contributed by atoms with Crippen molar-refractivity contribution in [2.24, 2.45) is 0 Å². The molecule has 0 aliphatic carbocycles. The van der Waals surface area contributed by atoms with Crippen molar-refractivity contribution >= 4 is 21.9 Å². The minimum Gasteiger partial charge on any atom is -0.465 e. The number of aryl methyl sites for hydroxylation is 2. The highest BCUT2D eigenvalue weighted by molar-refractivity contribution is 9.09. The van der Waals surface area contributed by atoms with Crippen LogP contribution >= 0.6 is 15.9 Å². The average molecular weight is 271 g/mol. The van der Waals surface area contributed by atoms with Gasteiger partial charge in [0.25, 0.3) is 0 Å². The first kappa shape index (κ1) is 12.2. The molecule has 3 heteroatoms. The molecule has 1 aromatic rings. The van der Waals surface area contributed by atoms with Gasteiger partial charge in [-0.2, -0.15) is 0 Å². The second kappa shape index (κ2) is 5.91. The highest BCUT2D eigenvalue weighted by Gasteiger charge is 2.08. The first-order valence-electron chi connectivity index (χ1n) is 4.99. The quantitative estimate of drug-likeness (QED) is 0.621. The van der Waals surface area contributed by atoms with Crippen molar-refractivity contribution in [1.82, 2.24) is 0 Å². The fourth-order valence-corrected chi connectivity index (χ4v) is 1.98. The molecule has 0 N–H and O–H groups in total. The maximum absolute atomic E-state index is 11.3. The van der Waals surface area contributed by atoms with Gasteiger partial charge in [-0.15, -0.1) is 0 Å². The van der Waals surface area contributed by atoms with Crippen molar-refractivity contribution in [2.75, 3.05) is 12.4 Å². The Morgan fingerprint density at radius 1 is 1.40 bits per heavy atom. The number of methoxy groups -OCH3 is 1. The SMILES string of the molecule is CCc1ccc(C(=O)OC)cc1CCBr. The summed E-state index contributed by atoms with van der Waals surface area (Å²) in [4.78, 5) is 11.3. The van der Waals surface area contributed by atoms with E-state index in [1.54, 1.807) is 0 Å². The number of halogens is 1. The predicted octanol–water partition coefficient (Wildman–Crippen LogP) is 2.97. The van der Waals surface area contributed by atoms with E-state index in [4.69, 9.17) is 4.74 Å². The Labute approximate surface area is 98.8 Å². The summed E-state index contributed by atoms with van der Waals surface area (Å²) in [6.45, 7) is 2.12. The molecular weight excluding hydrogens is 256 g/mol. The molecular formula is C12H15BrO2. The lowest BCUT2D eigenvalue weighted by Crippen LogP contribution is -2.04. The van der Waals surface area contributed by atoms with E-state index in [-0.39, 0.29) is 5.97 Å². The van der Waals surface area contributed by atoms with Gasteiger partial charge in [-0.3, -0.25) is 0 Å². The Hall–Kier alpha value is -0.830. The summed E-state index contributed by atoms with van der Waals surface area (Å²) in [5.41, 5.74) is 3.14. The number of rotatable bonds is 4. The number of alkyl halides is 1. The van der Waals surface area contributed by atoms with Crippen LogP contribution < -0.4 is 0 Å². The second-order valence-electron chi connectivity index (χ2n) is 3.27. The molecule has 0 unspecified atom stereocenters. The van der Waals surface area contributed by atoms with Crippen molar-refractivity contribution in [3.63, 3.8) is 0 Å². The number of benzene rings is 1. The lowest BCUT2D eigenvalue weighted by molar-refractivity contribution is 0.0600. The van der Waals surface area contributed by atoms with Crippen molar-refractivity contribution in [3.05, 3.63) is 34.9 Å². The zero-order valence-electron chi connectivity index (χ0n) is 9.05. The maximum atomic E-state index is 11.3. The Morgan fingerprint density at radius 2 is 2.13 bits per heavy atom. The number of hydrogen-bond donors (Lipinski definition) is 0. The van der Waals surface area contributed by atoms with Gasteiger partial charge in [0.2, 0.25) is 0 Å². The summed E-state index contributed by atoms with van der Waals surface area (Å²) in [7, 11) is 1.40. The van der Waals surface area contributed by atoms with Crippen LogP contribution in [0.1, 0.15) is 28.4 Å². The van der Waals surface area contributed by atoms with E-state index in [0.717, 1.165) is 18.2 Å². The molecule has 0 amide bonds. The largest absolute Gasteiger partial charge is 0.465 e. The van der Waals surface area contributed by atoms with E-state index in [1.807, 2.05) is 18.2 Å². The molecule has 0 radical (unpaired) electrons. The first-order chi connectivity index (χ1) is 7.22. The Morgan fingerprint density at radius 3 is 2.67 bits per heavy atom. The van der Waals surface area contributed by atoms with Crippen molar-refractivity contribution in [1.29, 1.82) is 0 Å². The molecule has 0 saturated heterocycles. The third-order valence-electron chi connectivity index (χ3n) is 2.37. The molecule has 82 valence electrons. The lowest BCUT2D eigenvalue weighted by Gasteiger charge is -2.08. The molecule has 2 nitrogen and oxygen atoms in total. The van der Waals surface area contributed by atoms with E-state index in [0.29, 0.717) is 5.56 Å². The first-order valence-corrected chi connectivity index (χ1v) is 6.11. The van der Waals surface area contributed by atoms with E-state index in [1.165, 1.54) is 18.2 Å². The van der Waals surface area contributed by atoms with Gasteiger partial charge in [0.15, 0.2) is 0 Å². The lowest BCUT2D eigenvalue weighted by atomic mass is 10.0. The summed E-state index contributed by atoms with van der Waals surface area (Å²) in [5.74, 6) is -0.270. The molecule has 0 aliphatic rings. The van der Waals surface area contributed by atoms with Crippen molar-refractivity contribution < 1.29 is 9.53 Å². The van der Waals surface area contributed by atoms with Crippen LogP contribution in [0.4, 0.5) is 0 Å². The average Bonchev–Trinajstić information content (AvgIpc) is 2.28. The highest BCUT2D eigenvalue weighted by atomic mass is 79.9. The van der Waals surface area contributed by atoms with Crippen LogP contribution in [-0.2, 0) is 17.6 Å². The zero-order chi connectivity index (χ0) is 11.3. The summed E-state index contributed by atoms with van der Waals surface area (Å²) in [5, 5.41) is 0.907. The number of carbonyl (C=O) groups is 1. The Kier molecular flexibility index (Phi) is 4.82. The number of carbonyl (C=O) groups excluding carboxylic acids is 1. The number of esters is 1. The van der Waals surface area contributed by atoms with Crippen LogP contribution in [0.2, 0.25) is 0 Å². The fourth-order valence-electron chi connectivity index (χ4n) is 1.55. The van der Waals surface area contributed by atoms with Gasteiger partial charge < -0.3 is 4.74 Å². The Balaban J connectivity index is 3.04. The molecule has 0 atom stereocenters. The third-order valence-corrected chi connectivity index (χ3v) is 2.77. The summed E-state index contributed by atoms with van der Waals surface area (Å²) in [6, 6.07) is 5.75. The van der Waals surface area contributed by atoms with E-state index >= 15 is 0 Å². The molecule has 0 saturated carbocycles. The zero-order valence-corrected chi connectivity index (χ0v) is 10.6. The van der Waals surface area contributed by atoms with Crippen LogP contribution in [0.5, 0.6) is 0 Å². The topological polar surface area (TPSA) is 26.3 Å². The molecule has 0 fully saturated rings. The number of ether oxygens (including phenoxy) is 1. The normalized spacial score (nSPS) is 10.1. The molecule has 15 heavy (non-hydrogen) atoms. The Bertz CT molecular complexity index is 347. The number of hydrogen-bond acceptors (Lipinski definition) is 2. The summed E-state index contributed by atoms with van der Waals surface area (Å²) >= 11 is 3.41. The highest BCUT2D eigenvalue weighted by Crippen LogP contribution is 2.15. The smallest absolute Gasteiger partial charge is 0.337 e. The summed E-state index contributed by atoms with van der Waals surface area (Å²) in [6.07, 6.45) is 1.93. The minimum absolute atomic E-state index is 0.270. The second-order valence-corrected chi connectivity index (χ2v) is 4.06. The van der Waals surface area contributed by atoms with Crippen molar-refractivity contribution in [3.8, 4) is 0 Å².